The van der Waals surface area contributed by atoms with Gasteiger partial charge in [-0.05, 0) is 34.6 Å². The molecule has 0 aliphatic carbocycles. The van der Waals surface area contributed by atoms with E-state index in [-0.39, 0.29) is 12.1 Å². The van der Waals surface area contributed by atoms with Crippen LogP contribution in [0.3, 0.4) is 0 Å². The molecular weight excluding hydrogens is 446 g/mol. The quantitative estimate of drug-likeness (QED) is 0.159. The van der Waals surface area contributed by atoms with E-state index in [9.17, 15) is 0 Å². The van der Waals surface area contributed by atoms with Gasteiger partial charge >= 0.3 is 0 Å². The molecule has 4 aromatic rings. The molecule has 192 valence electrons. The summed E-state index contributed by atoms with van der Waals surface area (Å²) in [4.78, 5) is 2.75. The van der Waals surface area contributed by atoms with Gasteiger partial charge in [0, 0.05) is 6.54 Å². The highest BCUT2D eigenvalue weighted by atomic mass is 15.2. The Kier molecular flexibility index (Phi) is 10.6. The zero-order chi connectivity index (χ0) is 25.7. The first kappa shape index (κ1) is 26.9. The van der Waals surface area contributed by atoms with Crippen molar-refractivity contribution in [1.82, 2.24) is 4.90 Å². The zero-order valence-electron chi connectivity index (χ0n) is 22.7. The maximum absolute atomic E-state index is 2.75. The highest BCUT2D eigenvalue weighted by molar-refractivity contribution is 5.37. The Morgan fingerprint density at radius 1 is 0.432 bits per heavy atom. The van der Waals surface area contributed by atoms with Crippen LogP contribution in [0.1, 0.15) is 86.7 Å². The predicted molar refractivity (Wildman–Crippen MR) is 159 cm³/mol. The Hall–Kier alpha value is -3.16. The summed E-state index contributed by atoms with van der Waals surface area (Å²) in [6.45, 7) is 5.71. The monoisotopic (exact) mass is 489 g/mol. The maximum Gasteiger partial charge on any atom is 0.0610 e. The normalized spacial score (nSPS) is 11.6. The van der Waals surface area contributed by atoms with Crippen LogP contribution < -0.4 is 0 Å². The van der Waals surface area contributed by atoms with Gasteiger partial charge in [0.1, 0.15) is 0 Å². The van der Waals surface area contributed by atoms with E-state index in [1.54, 1.807) is 0 Å². The van der Waals surface area contributed by atoms with Crippen LogP contribution in [-0.2, 0) is 0 Å². The van der Waals surface area contributed by atoms with Crippen molar-refractivity contribution in [2.24, 2.45) is 5.92 Å². The van der Waals surface area contributed by atoms with Crippen LogP contribution >= 0.6 is 0 Å². The highest BCUT2D eigenvalue weighted by Gasteiger charge is 2.30. The number of rotatable bonds is 14. The summed E-state index contributed by atoms with van der Waals surface area (Å²) >= 11 is 0. The Morgan fingerprint density at radius 3 is 1.11 bits per heavy atom. The zero-order valence-corrected chi connectivity index (χ0v) is 22.7. The second kappa shape index (κ2) is 14.5. The first-order valence-electron chi connectivity index (χ1n) is 14.2. The first-order valence-corrected chi connectivity index (χ1v) is 14.2. The molecule has 0 amide bonds. The average Bonchev–Trinajstić information content (AvgIpc) is 2.95. The minimum atomic E-state index is 0.175. The fraction of sp³-hybridized carbons (Fsp3) is 0.333. The van der Waals surface area contributed by atoms with Crippen LogP contribution in [-0.4, -0.2) is 11.4 Å². The molecule has 0 saturated carbocycles. The standard InChI is InChI=1S/C36H43N/c1-30(2)20-10-4-3-5-19-29-37(35(31-21-11-6-12-22-31)32-23-13-7-14-24-32)36(33-25-15-8-16-26-33)34-27-17-9-18-28-34/h6-9,11-18,21-28,30,35-36H,3-5,10,19-20,29H2,1-2H3. The molecule has 0 radical (unpaired) electrons. The van der Waals surface area contributed by atoms with Crippen molar-refractivity contribution in [1.29, 1.82) is 0 Å². The molecule has 0 heterocycles. The van der Waals surface area contributed by atoms with Crippen molar-refractivity contribution in [3.8, 4) is 0 Å². The second-order valence-corrected chi connectivity index (χ2v) is 10.6. The van der Waals surface area contributed by atoms with E-state index in [4.69, 9.17) is 0 Å². The Morgan fingerprint density at radius 2 is 0.757 bits per heavy atom. The van der Waals surface area contributed by atoms with Gasteiger partial charge in [0.2, 0.25) is 0 Å². The summed E-state index contributed by atoms with van der Waals surface area (Å²) in [6.07, 6.45) is 7.85. The van der Waals surface area contributed by atoms with E-state index in [0.717, 1.165) is 12.5 Å². The van der Waals surface area contributed by atoms with Gasteiger partial charge < -0.3 is 0 Å². The third-order valence-corrected chi connectivity index (χ3v) is 7.32. The third-order valence-electron chi connectivity index (χ3n) is 7.32. The molecular formula is C36H43N. The largest absolute Gasteiger partial charge is 0.281 e. The fourth-order valence-corrected chi connectivity index (χ4v) is 5.48. The summed E-state index contributed by atoms with van der Waals surface area (Å²) in [6, 6.07) is 44.6. The van der Waals surface area contributed by atoms with Gasteiger partial charge in [-0.15, -0.1) is 0 Å². The van der Waals surface area contributed by atoms with Gasteiger partial charge in [-0.1, -0.05) is 167 Å². The van der Waals surface area contributed by atoms with Crippen molar-refractivity contribution in [3.63, 3.8) is 0 Å². The lowest BCUT2D eigenvalue weighted by Crippen LogP contribution is -2.35. The molecule has 0 fully saturated rings. The summed E-state index contributed by atoms with van der Waals surface area (Å²) in [7, 11) is 0. The Bertz CT molecular complexity index is 960. The van der Waals surface area contributed by atoms with Gasteiger partial charge in [-0.3, -0.25) is 4.90 Å². The molecule has 4 aromatic carbocycles. The maximum atomic E-state index is 2.75. The number of nitrogens with zero attached hydrogens (tertiary/aromatic N) is 1. The van der Waals surface area contributed by atoms with Crippen LogP contribution in [0.2, 0.25) is 0 Å². The third kappa shape index (κ3) is 7.91. The summed E-state index contributed by atoms with van der Waals surface area (Å²) < 4.78 is 0. The summed E-state index contributed by atoms with van der Waals surface area (Å²) in [5.74, 6) is 0.811. The lowest BCUT2D eigenvalue weighted by Gasteiger charge is -2.39. The molecule has 0 atom stereocenters. The van der Waals surface area contributed by atoms with E-state index in [1.807, 2.05) is 0 Å². The second-order valence-electron chi connectivity index (χ2n) is 10.6. The molecule has 37 heavy (non-hydrogen) atoms. The van der Waals surface area contributed by atoms with Crippen molar-refractivity contribution in [2.75, 3.05) is 6.54 Å². The molecule has 0 saturated heterocycles. The van der Waals surface area contributed by atoms with Crippen LogP contribution in [0.25, 0.3) is 0 Å². The van der Waals surface area contributed by atoms with E-state index in [2.05, 4.69) is 140 Å². The van der Waals surface area contributed by atoms with E-state index >= 15 is 0 Å². The van der Waals surface area contributed by atoms with Crippen molar-refractivity contribution < 1.29 is 0 Å². The molecule has 0 bridgehead atoms. The van der Waals surface area contributed by atoms with Crippen LogP contribution in [0.15, 0.2) is 121 Å². The minimum Gasteiger partial charge on any atom is -0.281 e. The molecule has 0 unspecified atom stereocenters. The SMILES string of the molecule is CC(C)CCCCCCCN(C(c1ccccc1)c1ccccc1)C(c1ccccc1)c1ccccc1. The highest BCUT2D eigenvalue weighted by Crippen LogP contribution is 2.39. The van der Waals surface area contributed by atoms with Crippen LogP contribution in [0.5, 0.6) is 0 Å². The van der Waals surface area contributed by atoms with Crippen LogP contribution in [0, 0.1) is 5.92 Å². The molecule has 0 aliphatic rings. The summed E-state index contributed by atoms with van der Waals surface area (Å²) in [5.41, 5.74) is 5.40. The van der Waals surface area contributed by atoms with Gasteiger partial charge in [0.05, 0.1) is 12.1 Å². The number of benzene rings is 4. The smallest absolute Gasteiger partial charge is 0.0610 e. The van der Waals surface area contributed by atoms with E-state index in [0.29, 0.717) is 0 Å². The molecule has 0 spiro atoms. The molecule has 1 heteroatoms. The van der Waals surface area contributed by atoms with Gasteiger partial charge in [-0.25, -0.2) is 0 Å². The molecule has 0 aromatic heterocycles. The lowest BCUT2D eigenvalue weighted by atomic mass is 9.90. The molecule has 4 rings (SSSR count). The van der Waals surface area contributed by atoms with Crippen molar-refractivity contribution in [3.05, 3.63) is 144 Å². The number of hydrogen-bond acceptors (Lipinski definition) is 1. The summed E-state index contributed by atoms with van der Waals surface area (Å²) in [5, 5.41) is 0. The van der Waals surface area contributed by atoms with Crippen LogP contribution in [0.4, 0.5) is 0 Å². The predicted octanol–water partition coefficient (Wildman–Crippen LogP) is 9.86. The van der Waals surface area contributed by atoms with E-state index in [1.165, 1.54) is 60.8 Å². The first-order chi connectivity index (χ1) is 18.2. The van der Waals surface area contributed by atoms with Gasteiger partial charge in [0.25, 0.3) is 0 Å². The van der Waals surface area contributed by atoms with Gasteiger partial charge in [0.15, 0.2) is 0 Å². The topological polar surface area (TPSA) is 3.24 Å². The van der Waals surface area contributed by atoms with Crippen molar-refractivity contribution >= 4 is 0 Å². The molecule has 0 aliphatic heterocycles. The Labute approximate surface area is 225 Å². The Balaban J connectivity index is 1.69. The molecule has 1 nitrogen and oxygen atoms in total. The van der Waals surface area contributed by atoms with Crippen molar-refractivity contribution in [2.45, 2.75) is 64.5 Å². The minimum absolute atomic E-state index is 0.175. The average molecular weight is 490 g/mol. The fourth-order valence-electron chi connectivity index (χ4n) is 5.48. The number of hydrogen-bond donors (Lipinski definition) is 0. The number of unbranched alkanes of at least 4 members (excludes halogenated alkanes) is 4. The lowest BCUT2D eigenvalue weighted by molar-refractivity contribution is 0.175. The molecule has 0 N–H and O–H groups in total. The van der Waals surface area contributed by atoms with E-state index < -0.39 is 0 Å². The van der Waals surface area contributed by atoms with Gasteiger partial charge in [-0.2, -0.15) is 0 Å².